The molecule has 1 fully saturated rings. The van der Waals surface area contributed by atoms with E-state index in [2.05, 4.69) is 28.2 Å². The summed E-state index contributed by atoms with van der Waals surface area (Å²) in [6, 6.07) is 8.96. The summed E-state index contributed by atoms with van der Waals surface area (Å²) >= 11 is 3.49. The summed E-state index contributed by atoms with van der Waals surface area (Å²) in [6.45, 7) is 2.70. The Labute approximate surface area is 207 Å². The molecule has 0 aromatic heterocycles. The van der Waals surface area contributed by atoms with Crippen LogP contribution in [0.2, 0.25) is 0 Å². The van der Waals surface area contributed by atoms with Gasteiger partial charge in [-0.05, 0) is 70.4 Å². The maximum Gasteiger partial charge on any atom is 0.335 e. The average molecular weight is 531 g/mol. The van der Waals surface area contributed by atoms with Gasteiger partial charge in [0.15, 0.2) is 11.5 Å². The second-order valence-corrected chi connectivity index (χ2v) is 8.45. The number of unbranched alkanes of at least 4 members (excludes halogenated alkanes) is 3. The molecule has 2 aromatic carbocycles. The van der Waals surface area contributed by atoms with Crippen LogP contribution in [-0.4, -0.2) is 38.7 Å². The Morgan fingerprint density at radius 2 is 1.74 bits per heavy atom. The number of carbonyl (C=O) groups is 3. The van der Waals surface area contributed by atoms with Gasteiger partial charge in [-0.15, -0.1) is 0 Å². The van der Waals surface area contributed by atoms with Gasteiger partial charge in [-0.2, -0.15) is 0 Å². The van der Waals surface area contributed by atoms with E-state index in [4.69, 9.17) is 14.2 Å². The fourth-order valence-electron chi connectivity index (χ4n) is 3.46. The van der Waals surface area contributed by atoms with Crippen LogP contribution in [0.1, 0.15) is 38.2 Å². The average Bonchev–Trinajstić information content (AvgIpc) is 2.82. The van der Waals surface area contributed by atoms with E-state index in [1.54, 1.807) is 36.4 Å². The first kappa shape index (κ1) is 25.3. The normalized spacial score (nSPS) is 14.9. The van der Waals surface area contributed by atoms with Crippen LogP contribution in [0, 0.1) is 0 Å². The highest BCUT2D eigenvalue weighted by Gasteiger charge is 2.36. The topological polar surface area (TPSA) is 94.2 Å². The zero-order chi connectivity index (χ0) is 24.7. The highest BCUT2D eigenvalue weighted by molar-refractivity contribution is 9.10. The van der Waals surface area contributed by atoms with E-state index in [1.165, 1.54) is 20.3 Å². The monoisotopic (exact) mass is 530 g/mol. The van der Waals surface area contributed by atoms with E-state index in [9.17, 15) is 14.4 Å². The lowest BCUT2D eigenvalue weighted by atomic mass is 10.1. The third-order valence-corrected chi connectivity index (χ3v) is 5.83. The lowest BCUT2D eigenvalue weighted by Crippen LogP contribution is -2.54. The smallest absolute Gasteiger partial charge is 0.335 e. The lowest BCUT2D eigenvalue weighted by Gasteiger charge is -2.26. The van der Waals surface area contributed by atoms with Gasteiger partial charge in [-0.3, -0.25) is 14.9 Å². The summed E-state index contributed by atoms with van der Waals surface area (Å²) in [5.41, 5.74) is 0.662. The van der Waals surface area contributed by atoms with Crippen molar-refractivity contribution in [3.05, 3.63) is 52.0 Å². The van der Waals surface area contributed by atoms with Crippen molar-refractivity contribution < 1.29 is 28.6 Å². The summed E-state index contributed by atoms with van der Waals surface area (Å²) < 4.78 is 17.1. The van der Waals surface area contributed by atoms with Crippen molar-refractivity contribution in [3.8, 4) is 17.2 Å². The molecule has 34 heavy (non-hydrogen) atoms. The number of hydrogen-bond acceptors (Lipinski definition) is 6. The van der Waals surface area contributed by atoms with Gasteiger partial charge in [0.25, 0.3) is 11.8 Å². The summed E-state index contributed by atoms with van der Waals surface area (Å²) in [5.74, 6) is 0.0838. The number of amides is 4. The van der Waals surface area contributed by atoms with Crippen LogP contribution < -0.4 is 24.4 Å². The molecular weight excluding hydrogens is 504 g/mol. The molecule has 8 nitrogen and oxygen atoms in total. The number of imide groups is 2. The van der Waals surface area contributed by atoms with E-state index in [0.29, 0.717) is 39.6 Å². The molecule has 1 N–H and O–H groups in total. The lowest BCUT2D eigenvalue weighted by molar-refractivity contribution is -0.122. The molecule has 0 saturated carbocycles. The number of ether oxygens (including phenoxy) is 3. The number of halogens is 1. The molecule has 2 aromatic rings. The molecule has 1 saturated heterocycles. The fourth-order valence-corrected chi connectivity index (χ4v) is 4.03. The molecule has 180 valence electrons. The zero-order valence-corrected chi connectivity index (χ0v) is 20.9. The number of nitrogens with one attached hydrogen (secondary N) is 1. The van der Waals surface area contributed by atoms with Crippen molar-refractivity contribution in [1.29, 1.82) is 0 Å². The Morgan fingerprint density at radius 1 is 1.00 bits per heavy atom. The maximum absolute atomic E-state index is 13.1. The first-order valence-corrected chi connectivity index (χ1v) is 11.7. The SMILES string of the molecule is CCCCCCOc1c(Br)cc(/C=C2\C(=O)NC(=O)N(c3ccc(OC)cc3)C2=O)cc1OC. The quantitative estimate of drug-likeness (QED) is 0.261. The second-order valence-electron chi connectivity index (χ2n) is 7.60. The molecule has 1 aliphatic rings. The van der Waals surface area contributed by atoms with Gasteiger partial charge in [0.05, 0.1) is 31.0 Å². The first-order valence-electron chi connectivity index (χ1n) is 11.0. The van der Waals surface area contributed by atoms with Gasteiger partial charge >= 0.3 is 6.03 Å². The Morgan fingerprint density at radius 3 is 2.38 bits per heavy atom. The van der Waals surface area contributed by atoms with Crippen LogP contribution in [-0.2, 0) is 9.59 Å². The summed E-state index contributed by atoms with van der Waals surface area (Å²) in [5, 5.41) is 2.22. The molecule has 4 amide bonds. The molecule has 0 bridgehead atoms. The third-order valence-electron chi connectivity index (χ3n) is 5.24. The Bertz CT molecular complexity index is 1100. The molecule has 3 rings (SSSR count). The number of hydrogen-bond donors (Lipinski definition) is 1. The molecular formula is C25H27BrN2O6. The minimum Gasteiger partial charge on any atom is -0.497 e. The molecule has 1 aliphatic heterocycles. The van der Waals surface area contributed by atoms with Gasteiger partial charge in [-0.1, -0.05) is 26.2 Å². The van der Waals surface area contributed by atoms with E-state index in [-0.39, 0.29) is 5.57 Å². The molecule has 1 heterocycles. The Balaban J connectivity index is 1.87. The van der Waals surface area contributed by atoms with Gasteiger partial charge in [-0.25, -0.2) is 9.69 Å². The number of urea groups is 1. The largest absolute Gasteiger partial charge is 0.497 e. The van der Waals surface area contributed by atoms with Crippen LogP contribution in [0.5, 0.6) is 17.2 Å². The number of nitrogens with zero attached hydrogens (tertiary/aromatic N) is 1. The second kappa shape index (κ2) is 11.7. The summed E-state index contributed by atoms with van der Waals surface area (Å²) in [6.07, 6.45) is 5.73. The number of methoxy groups -OCH3 is 2. The number of rotatable bonds is 10. The van der Waals surface area contributed by atoms with Gasteiger partial charge in [0.2, 0.25) is 0 Å². The molecule has 0 atom stereocenters. The fraction of sp³-hybridized carbons (Fsp3) is 0.320. The van der Waals surface area contributed by atoms with Crippen molar-refractivity contribution in [2.75, 3.05) is 25.7 Å². The Hall–Kier alpha value is -3.33. The van der Waals surface area contributed by atoms with Crippen molar-refractivity contribution in [1.82, 2.24) is 5.32 Å². The van der Waals surface area contributed by atoms with Crippen molar-refractivity contribution in [3.63, 3.8) is 0 Å². The van der Waals surface area contributed by atoms with Gasteiger partial charge < -0.3 is 14.2 Å². The van der Waals surface area contributed by atoms with Crippen LogP contribution in [0.3, 0.4) is 0 Å². The third kappa shape index (κ3) is 5.77. The number of carbonyl (C=O) groups excluding carboxylic acids is 3. The molecule has 9 heteroatoms. The minimum absolute atomic E-state index is 0.183. The summed E-state index contributed by atoms with van der Waals surface area (Å²) in [4.78, 5) is 38.9. The van der Waals surface area contributed by atoms with Gasteiger partial charge in [0.1, 0.15) is 11.3 Å². The Kier molecular flexibility index (Phi) is 8.70. The summed E-state index contributed by atoms with van der Waals surface area (Å²) in [7, 11) is 3.04. The number of anilines is 1. The minimum atomic E-state index is -0.817. The van der Waals surface area contributed by atoms with E-state index in [1.807, 2.05) is 0 Å². The molecule has 0 radical (unpaired) electrons. The van der Waals surface area contributed by atoms with E-state index < -0.39 is 17.8 Å². The van der Waals surface area contributed by atoms with Gasteiger partial charge in [0, 0.05) is 0 Å². The van der Waals surface area contributed by atoms with E-state index >= 15 is 0 Å². The van der Waals surface area contributed by atoms with Crippen molar-refractivity contribution in [2.24, 2.45) is 0 Å². The van der Waals surface area contributed by atoms with E-state index in [0.717, 1.165) is 30.6 Å². The van der Waals surface area contributed by atoms with Crippen LogP contribution in [0.15, 0.2) is 46.4 Å². The van der Waals surface area contributed by atoms with Crippen molar-refractivity contribution in [2.45, 2.75) is 32.6 Å². The van der Waals surface area contributed by atoms with Crippen LogP contribution in [0.25, 0.3) is 6.08 Å². The van der Waals surface area contributed by atoms with Crippen LogP contribution in [0.4, 0.5) is 10.5 Å². The highest BCUT2D eigenvalue weighted by Crippen LogP contribution is 2.37. The number of benzene rings is 2. The maximum atomic E-state index is 13.1. The van der Waals surface area contributed by atoms with Crippen molar-refractivity contribution >= 4 is 45.5 Å². The molecule has 0 spiro atoms. The molecule has 0 unspecified atom stereocenters. The number of barbiturate groups is 1. The predicted octanol–water partition coefficient (Wildman–Crippen LogP) is 5.09. The molecule has 0 aliphatic carbocycles. The zero-order valence-electron chi connectivity index (χ0n) is 19.4. The predicted molar refractivity (Wildman–Crippen MR) is 132 cm³/mol. The van der Waals surface area contributed by atoms with Crippen LogP contribution >= 0.6 is 15.9 Å². The highest BCUT2D eigenvalue weighted by atomic mass is 79.9. The first-order chi connectivity index (χ1) is 16.4. The standard InChI is InChI=1S/C25H27BrN2O6/c1-4-5-6-7-12-34-22-20(26)14-16(15-21(22)33-3)13-19-23(29)27-25(31)28(24(19)30)17-8-10-18(32-2)11-9-17/h8-11,13-15H,4-7,12H2,1-3H3,(H,27,29,31)/b19-13+.